The standard InChI is InChI=1S/C33H74O8Si3/c1-31(2,3)42(10,11)39-28(16-18-34)21-25(36)20-26(37)23-30(41-44(14,15)33(7,8)9)24-27(38)22-29(17-19-35)40-43(12,13)32(4,5)6/h25-30,34-38H,16-24H2,1-15H3/t25-,26+,27+,28-,29-,30+/m1/s1. The van der Waals surface area contributed by atoms with E-state index in [1.807, 2.05) is 0 Å². The minimum absolute atomic E-state index is 0.00617. The molecule has 0 aromatic heterocycles. The summed E-state index contributed by atoms with van der Waals surface area (Å²) in [5.74, 6) is 0. The van der Waals surface area contributed by atoms with Crippen LogP contribution in [0.2, 0.25) is 54.4 Å². The van der Waals surface area contributed by atoms with Crippen LogP contribution in [-0.2, 0) is 13.3 Å². The fourth-order valence-corrected chi connectivity index (χ4v) is 8.71. The maximum absolute atomic E-state index is 11.3. The van der Waals surface area contributed by atoms with E-state index in [2.05, 4.69) is 102 Å². The molecule has 0 amide bonds. The molecule has 6 atom stereocenters. The lowest BCUT2D eigenvalue weighted by atomic mass is 9.97. The summed E-state index contributed by atoms with van der Waals surface area (Å²) < 4.78 is 19.8. The van der Waals surface area contributed by atoms with Gasteiger partial charge >= 0.3 is 0 Å². The fourth-order valence-electron chi connectivity index (χ4n) is 4.53. The molecule has 0 bridgehead atoms. The molecule has 0 fully saturated rings. The Kier molecular flexibility index (Phi) is 17.8. The van der Waals surface area contributed by atoms with E-state index >= 15 is 0 Å². The third-order valence-corrected chi connectivity index (χ3v) is 24.0. The van der Waals surface area contributed by atoms with Gasteiger partial charge in [-0.25, -0.2) is 0 Å². The van der Waals surface area contributed by atoms with Gasteiger partial charge in [0.15, 0.2) is 25.0 Å². The molecule has 0 spiro atoms. The molecule has 0 rings (SSSR count). The van der Waals surface area contributed by atoms with Crippen LogP contribution < -0.4 is 0 Å². The van der Waals surface area contributed by atoms with E-state index in [9.17, 15) is 25.5 Å². The van der Waals surface area contributed by atoms with Gasteiger partial charge in [-0.2, -0.15) is 0 Å². The van der Waals surface area contributed by atoms with E-state index in [1.54, 1.807) is 0 Å². The van der Waals surface area contributed by atoms with E-state index in [0.29, 0.717) is 38.5 Å². The molecule has 11 heteroatoms. The summed E-state index contributed by atoms with van der Waals surface area (Å²) in [6.45, 7) is 32.5. The molecule has 0 aromatic carbocycles. The average Bonchev–Trinajstić information content (AvgIpc) is 2.75. The van der Waals surface area contributed by atoms with Crippen LogP contribution in [0.4, 0.5) is 0 Å². The van der Waals surface area contributed by atoms with Gasteiger partial charge in [0.05, 0.1) is 18.3 Å². The largest absolute Gasteiger partial charge is 0.414 e. The van der Waals surface area contributed by atoms with Crippen molar-refractivity contribution < 1.29 is 38.8 Å². The van der Waals surface area contributed by atoms with E-state index < -0.39 is 49.4 Å². The molecule has 5 N–H and O–H groups in total. The van der Waals surface area contributed by atoms with Gasteiger partial charge in [0.1, 0.15) is 0 Å². The third kappa shape index (κ3) is 15.5. The van der Waals surface area contributed by atoms with Crippen molar-refractivity contribution in [3.8, 4) is 0 Å². The van der Waals surface area contributed by atoms with E-state index in [0.717, 1.165) is 0 Å². The minimum atomic E-state index is -2.23. The van der Waals surface area contributed by atoms with Crippen molar-refractivity contribution in [2.45, 2.75) is 198 Å². The summed E-state index contributed by atoms with van der Waals surface area (Å²) in [5, 5.41) is 52.8. The smallest absolute Gasteiger partial charge is 0.192 e. The lowest BCUT2D eigenvalue weighted by molar-refractivity contribution is 0.00171. The second-order valence-corrected chi connectivity index (χ2v) is 31.9. The Morgan fingerprint density at radius 1 is 0.432 bits per heavy atom. The van der Waals surface area contributed by atoms with Gasteiger partial charge in [0, 0.05) is 31.5 Å². The molecule has 44 heavy (non-hydrogen) atoms. The maximum Gasteiger partial charge on any atom is 0.192 e. The number of aliphatic hydroxyl groups is 5. The molecule has 0 aliphatic rings. The van der Waals surface area contributed by atoms with Crippen molar-refractivity contribution in [3.63, 3.8) is 0 Å². The number of rotatable bonds is 20. The van der Waals surface area contributed by atoms with Crippen LogP contribution >= 0.6 is 0 Å². The highest BCUT2D eigenvalue weighted by molar-refractivity contribution is 6.75. The van der Waals surface area contributed by atoms with Gasteiger partial charge in [-0.15, -0.1) is 0 Å². The summed E-state index contributed by atoms with van der Waals surface area (Å²) in [6, 6.07) is 0. The van der Waals surface area contributed by atoms with Crippen LogP contribution in [-0.4, -0.2) is 100 Å². The van der Waals surface area contributed by atoms with Gasteiger partial charge in [-0.3, -0.25) is 0 Å². The van der Waals surface area contributed by atoms with Crippen LogP contribution in [0, 0.1) is 0 Å². The molecule has 0 saturated carbocycles. The normalized spacial score (nSPS) is 18.5. The first-order valence-electron chi connectivity index (χ1n) is 16.9. The Morgan fingerprint density at radius 2 is 0.659 bits per heavy atom. The lowest BCUT2D eigenvalue weighted by Crippen LogP contribution is -2.46. The van der Waals surface area contributed by atoms with E-state index in [4.69, 9.17) is 13.3 Å². The zero-order valence-corrected chi connectivity index (χ0v) is 34.3. The Hall–Kier alpha value is 0.331. The topological polar surface area (TPSA) is 129 Å². The average molecular weight is 683 g/mol. The van der Waals surface area contributed by atoms with Gasteiger partial charge in [0.2, 0.25) is 0 Å². The Balaban J connectivity index is 5.70. The highest BCUT2D eigenvalue weighted by Gasteiger charge is 2.42. The zero-order valence-electron chi connectivity index (χ0n) is 31.3. The molecule has 0 unspecified atom stereocenters. The highest BCUT2D eigenvalue weighted by Crippen LogP contribution is 2.41. The van der Waals surface area contributed by atoms with E-state index in [-0.39, 0.29) is 47.0 Å². The number of hydrogen-bond donors (Lipinski definition) is 5. The van der Waals surface area contributed by atoms with Crippen molar-refractivity contribution in [1.29, 1.82) is 0 Å². The Labute approximate surface area is 274 Å². The number of aliphatic hydroxyl groups excluding tert-OH is 5. The van der Waals surface area contributed by atoms with Gasteiger partial charge in [-0.05, 0) is 99.3 Å². The summed E-state index contributed by atoms with van der Waals surface area (Å²) in [4.78, 5) is 0. The summed E-state index contributed by atoms with van der Waals surface area (Å²) in [6.07, 6.45) is -0.873. The summed E-state index contributed by atoms with van der Waals surface area (Å²) in [5.41, 5.74) is 0. The SMILES string of the molecule is CC(C)(C)[Si](C)(C)O[C@H](C[C@@H](O)C[C@@H](CCO)O[Si](C)(C)C(C)(C)C)C[C@@H](O)C[C@@H](O)C[C@@H](CCO)O[Si](C)(C)C(C)(C)C. The summed E-state index contributed by atoms with van der Waals surface area (Å²) >= 11 is 0. The van der Waals surface area contributed by atoms with Gasteiger partial charge in [0.25, 0.3) is 0 Å². The van der Waals surface area contributed by atoms with Crippen molar-refractivity contribution in [3.05, 3.63) is 0 Å². The molecule has 0 heterocycles. The summed E-state index contributed by atoms with van der Waals surface area (Å²) in [7, 11) is -6.44. The lowest BCUT2D eigenvalue weighted by Gasteiger charge is -2.41. The quantitative estimate of drug-likeness (QED) is 0.0873. The van der Waals surface area contributed by atoms with Crippen LogP contribution in [0.5, 0.6) is 0 Å². The molecular formula is C33H74O8Si3. The predicted molar refractivity (Wildman–Crippen MR) is 191 cm³/mol. The predicted octanol–water partition coefficient (Wildman–Crippen LogP) is 6.96. The minimum Gasteiger partial charge on any atom is -0.414 e. The van der Waals surface area contributed by atoms with Gasteiger partial charge in [-0.1, -0.05) is 62.3 Å². The van der Waals surface area contributed by atoms with Crippen LogP contribution in [0.3, 0.4) is 0 Å². The maximum atomic E-state index is 11.3. The fraction of sp³-hybridized carbons (Fsp3) is 1.00. The van der Waals surface area contributed by atoms with Gasteiger partial charge < -0.3 is 38.8 Å². The molecular weight excluding hydrogens is 609 g/mol. The Bertz CT molecular complexity index is 802. The Morgan fingerprint density at radius 3 is 0.909 bits per heavy atom. The molecule has 266 valence electrons. The first kappa shape index (κ1) is 44.3. The van der Waals surface area contributed by atoms with Crippen molar-refractivity contribution in [1.82, 2.24) is 0 Å². The molecule has 0 saturated heterocycles. The molecule has 8 nitrogen and oxygen atoms in total. The zero-order chi connectivity index (χ0) is 34.9. The van der Waals surface area contributed by atoms with Crippen molar-refractivity contribution >= 4 is 25.0 Å². The van der Waals surface area contributed by atoms with Crippen LogP contribution in [0.1, 0.15) is 107 Å². The first-order valence-corrected chi connectivity index (χ1v) is 25.6. The second kappa shape index (κ2) is 17.6. The first-order chi connectivity index (χ1) is 19.6. The molecule has 0 radical (unpaired) electrons. The molecule has 0 aromatic rings. The molecule has 0 aliphatic carbocycles. The monoisotopic (exact) mass is 682 g/mol. The van der Waals surface area contributed by atoms with Crippen LogP contribution in [0.25, 0.3) is 0 Å². The van der Waals surface area contributed by atoms with Crippen LogP contribution in [0.15, 0.2) is 0 Å². The van der Waals surface area contributed by atoms with E-state index in [1.165, 1.54) is 0 Å². The second-order valence-electron chi connectivity index (χ2n) is 17.7. The third-order valence-electron chi connectivity index (χ3n) is 10.4. The number of hydrogen-bond acceptors (Lipinski definition) is 8. The highest BCUT2D eigenvalue weighted by atomic mass is 28.4. The molecule has 0 aliphatic heterocycles. The van der Waals surface area contributed by atoms with Crippen molar-refractivity contribution in [2.75, 3.05) is 13.2 Å². The van der Waals surface area contributed by atoms with Crippen molar-refractivity contribution in [2.24, 2.45) is 0 Å².